The number of carbonyl (C=O) groups is 10. The molecular weight excluding hydrogens is 1800 g/mol. The van der Waals surface area contributed by atoms with Crippen LogP contribution in [0.4, 0.5) is 0 Å². The lowest BCUT2D eigenvalue weighted by molar-refractivity contribution is -0.283. The minimum atomic E-state index is -2.94. The van der Waals surface area contributed by atoms with Crippen molar-refractivity contribution in [3.63, 3.8) is 0 Å². The van der Waals surface area contributed by atoms with Gasteiger partial charge in [0.15, 0.2) is 174 Å². The molecule has 0 aliphatic carbocycles. The van der Waals surface area contributed by atoms with Gasteiger partial charge < -0.3 is 205 Å². The second-order valence-corrected chi connectivity index (χ2v) is 28.3. The number of ether oxygens (including phenoxy) is 13. The van der Waals surface area contributed by atoms with E-state index in [2.05, 4.69) is 0 Å². The molecule has 2 saturated heterocycles. The third-order valence-electron chi connectivity index (χ3n) is 19.7. The highest BCUT2D eigenvalue weighted by molar-refractivity contribution is 6.09. The Morgan fingerprint density at radius 1 is 0.278 bits per heavy atom. The molecule has 0 saturated carbocycles. The summed E-state index contributed by atoms with van der Waals surface area (Å²) in [4.78, 5) is 147. The van der Waals surface area contributed by atoms with Crippen molar-refractivity contribution >= 4 is 59.7 Å². The monoisotopic (exact) mass is 1860 g/mol. The van der Waals surface area contributed by atoms with Gasteiger partial charge in [0.2, 0.25) is 47.8 Å². The quantitative estimate of drug-likeness (QED) is 0.0308. The van der Waals surface area contributed by atoms with Crippen molar-refractivity contribution in [1.29, 1.82) is 0 Å². The molecule has 13 rings (SSSR count). The number of rotatable bonds is 19. The predicted molar refractivity (Wildman–Crippen MR) is 414 cm³/mol. The van der Waals surface area contributed by atoms with Gasteiger partial charge in [-0.3, -0.25) is 0 Å². The minimum absolute atomic E-state index is 0.191. The van der Waals surface area contributed by atoms with E-state index < -0.39 is 374 Å². The normalized spacial score (nSPS) is 18.5. The maximum atomic E-state index is 15.8. The summed E-state index contributed by atoms with van der Waals surface area (Å²) < 4.78 is 74.2. The van der Waals surface area contributed by atoms with Crippen molar-refractivity contribution in [3.8, 4) is 184 Å². The van der Waals surface area contributed by atoms with E-state index in [4.69, 9.17) is 61.6 Å². The van der Waals surface area contributed by atoms with Gasteiger partial charge in [0, 0.05) is 17.2 Å². The van der Waals surface area contributed by atoms with Gasteiger partial charge >= 0.3 is 59.7 Å². The molecule has 3 aliphatic rings. The van der Waals surface area contributed by atoms with E-state index in [0.717, 1.165) is 0 Å². The summed E-state index contributed by atoms with van der Waals surface area (Å²) in [6.45, 7) is -3.11. The van der Waals surface area contributed by atoms with Gasteiger partial charge in [-0.05, 0) is 103 Å². The van der Waals surface area contributed by atoms with Crippen LogP contribution in [0.5, 0.6) is 172 Å². The molecule has 51 nitrogen and oxygen atoms in total. The van der Waals surface area contributed by atoms with Gasteiger partial charge in [-0.25, -0.2) is 47.9 Å². The molecule has 10 aromatic carbocycles. The molecule has 10 atom stereocenters. The van der Waals surface area contributed by atoms with Crippen LogP contribution in [0.2, 0.25) is 0 Å². The van der Waals surface area contributed by atoms with Crippen molar-refractivity contribution in [3.05, 3.63) is 165 Å². The first-order chi connectivity index (χ1) is 62.6. The molecule has 10 aromatic rings. The fraction of sp³-hybridized carbons (Fsp3) is 0.146. The van der Waals surface area contributed by atoms with E-state index in [1.807, 2.05) is 0 Å². The third kappa shape index (κ3) is 17.8. The second kappa shape index (κ2) is 35.4. The van der Waals surface area contributed by atoms with Crippen LogP contribution in [0.25, 0.3) is 11.1 Å². The molecule has 51 heteroatoms. The summed E-state index contributed by atoms with van der Waals surface area (Å²) in [6, 6.07) is 7.25. The van der Waals surface area contributed by atoms with Gasteiger partial charge in [0.05, 0.1) is 50.1 Å². The molecule has 0 unspecified atom stereocenters. The molecule has 28 N–H and O–H groups in total. The zero-order valence-electron chi connectivity index (χ0n) is 65.5. The lowest BCUT2D eigenvalue weighted by Crippen LogP contribution is -2.63. The summed E-state index contributed by atoms with van der Waals surface area (Å²) in [6.07, 6.45) is -28.1. The Bertz CT molecular complexity index is 6430. The largest absolute Gasteiger partial charge is 0.504 e. The minimum Gasteiger partial charge on any atom is -0.504 e. The van der Waals surface area contributed by atoms with Crippen molar-refractivity contribution in [1.82, 2.24) is 0 Å². The summed E-state index contributed by atoms with van der Waals surface area (Å²) in [7, 11) is 0. The molecule has 0 spiro atoms. The van der Waals surface area contributed by atoms with Crippen LogP contribution >= 0.6 is 0 Å². The topological polar surface area (TPSA) is 857 Å². The highest BCUT2D eigenvalue weighted by atomic mass is 16.8. The Morgan fingerprint density at radius 3 is 1.02 bits per heavy atom. The number of esters is 10. The summed E-state index contributed by atoms with van der Waals surface area (Å²) in [5.41, 5.74) is -13.9. The highest BCUT2D eigenvalue weighted by Gasteiger charge is 2.58. The van der Waals surface area contributed by atoms with E-state index in [0.29, 0.717) is 84.9 Å². The number of fused-ring (bicyclic) bond motifs is 4. The van der Waals surface area contributed by atoms with Crippen LogP contribution in [0.3, 0.4) is 0 Å². The van der Waals surface area contributed by atoms with E-state index in [9.17, 15) is 181 Å². The third-order valence-corrected chi connectivity index (χ3v) is 19.7. The molecule has 0 aromatic heterocycles. The molecule has 133 heavy (non-hydrogen) atoms. The van der Waals surface area contributed by atoms with E-state index in [1.54, 1.807) is 0 Å². The molecule has 694 valence electrons. The molecule has 2 fully saturated rings. The number of aromatic hydroxyl groups is 28. The average Bonchev–Trinajstić information content (AvgIpc) is 1.66. The summed E-state index contributed by atoms with van der Waals surface area (Å²) in [5.74, 6) is -60.4. The number of hydrogen-bond donors (Lipinski definition) is 28. The number of phenols is 28. The molecular formula is C82H60O51. The molecule has 3 aliphatic heterocycles. The Morgan fingerprint density at radius 2 is 0.594 bits per heavy atom. The predicted octanol–water partition coefficient (Wildman–Crippen LogP) is 4.05. The van der Waals surface area contributed by atoms with E-state index in [1.165, 1.54) is 0 Å². The van der Waals surface area contributed by atoms with Gasteiger partial charge in [0.1, 0.15) is 31.0 Å². The van der Waals surface area contributed by atoms with Crippen molar-refractivity contribution < 1.29 is 253 Å². The maximum Gasteiger partial charge on any atom is 0.342 e. The van der Waals surface area contributed by atoms with Crippen LogP contribution < -0.4 is 4.74 Å². The van der Waals surface area contributed by atoms with Crippen LogP contribution in [-0.2, 0) is 56.8 Å². The lowest BCUT2D eigenvalue weighted by atomic mass is 9.91. The average molecular weight is 1860 g/mol. The summed E-state index contributed by atoms with van der Waals surface area (Å²) >= 11 is 0. The zero-order valence-corrected chi connectivity index (χ0v) is 65.5. The number of cyclic esters (lactones) is 1. The highest BCUT2D eigenvalue weighted by Crippen LogP contribution is 2.56. The molecule has 0 radical (unpaired) electrons. The van der Waals surface area contributed by atoms with Crippen LogP contribution in [0.1, 0.15) is 104 Å². The zero-order chi connectivity index (χ0) is 97.1. The molecule has 0 amide bonds. The Kier molecular flexibility index (Phi) is 24.4. The van der Waals surface area contributed by atoms with Crippen LogP contribution in [0, 0.1) is 0 Å². The van der Waals surface area contributed by atoms with Gasteiger partial charge in [-0.15, -0.1) is 0 Å². The number of benzene rings is 10. The lowest BCUT2D eigenvalue weighted by Gasteiger charge is -2.43. The fourth-order valence-electron chi connectivity index (χ4n) is 13.1. The number of hydrogen-bond acceptors (Lipinski definition) is 51. The smallest absolute Gasteiger partial charge is 0.342 e. The Labute approximate surface area is 732 Å². The van der Waals surface area contributed by atoms with E-state index in [-0.39, 0.29) is 24.3 Å². The molecule has 0 bridgehead atoms. The molecule has 3 heterocycles. The van der Waals surface area contributed by atoms with Gasteiger partial charge in [-0.1, -0.05) is 0 Å². The Balaban J connectivity index is 0.953. The van der Waals surface area contributed by atoms with Crippen LogP contribution in [0.15, 0.2) is 109 Å². The number of carbonyl (C=O) groups excluding carboxylic acids is 10. The maximum absolute atomic E-state index is 15.8. The van der Waals surface area contributed by atoms with Crippen molar-refractivity contribution in [2.45, 2.75) is 61.4 Å². The number of phenolic OH excluding ortho intramolecular Hbond substituents is 28. The van der Waals surface area contributed by atoms with Gasteiger partial charge in [-0.2, -0.15) is 0 Å². The van der Waals surface area contributed by atoms with Crippen molar-refractivity contribution in [2.75, 3.05) is 13.2 Å². The standard InChI is InChI=1S/C82H60O51/c83-31-2-1-28(52(98)60(31)106)79(119)131-70-67(128-72(112)22-5-34(86)54(100)35(87)6-22)65(48(19-121-71(111)21-3-32(84)53(99)33(85)4-21)124-82(70)133-77(117)26-13-42(94)58(104)43(95)14-26)126-75(115)27-15-44(96)59(105)46(16-27)123-47-18-30-51(64(110)62(47)108)50-29(17-45(97)61(107)63(50)109)78(118)122-20-49-66(127-80(30)120)68(129-73(113)23-7-36(88)55(101)37(89)8-23)69(130-74(114)24-9-38(90)56(102)39(91)10-24)81(125-49)132-76(116)25-11-40(92)57(103)41(93)12-25/h1-18,48-49,65-70,81-110H,19-20H2/t48-,49-,65-,66-,67+,68+,69-,70-,81+,82+/m1/s1. The first-order valence-corrected chi connectivity index (χ1v) is 36.8. The first kappa shape index (κ1) is 91.7. The van der Waals surface area contributed by atoms with Gasteiger partial charge in [0.25, 0.3) is 0 Å². The van der Waals surface area contributed by atoms with E-state index >= 15 is 9.59 Å². The SMILES string of the molecule is O=C(OC[C@H]1O[C@@H](OC(=O)c2cc(O)c(O)c(O)c2)[C@H](OC(=O)c2ccc(O)c(O)c2O)[C@@H](OC(=O)c2cc(O)c(O)c(O)c2)[C@@H]1OC(=O)c1cc(O)c(O)c(Oc2cc3c(c(O)c2O)-c2c(cc(O)c(O)c2O)C(=O)OC[C@H]2O[C@@H](OC(=O)c4cc(O)c(O)c(O)c4)[C@H](OC(=O)c4cc(O)c(O)c(O)c4)[C@@H](OC(=O)c4cc(O)c(O)c(O)c4)[C@@H]2OC3=O)c1)c1cc(O)c(O)c(O)c1. The second-order valence-electron chi connectivity index (χ2n) is 28.3. The first-order valence-electron chi connectivity index (χ1n) is 36.8. The Hall–Kier alpha value is -19.0. The summed E-state index contributed by atoms with van der Waals surface area (Å²) in [5, 5.41) is 300. The van der Waals surface area contributed by atoms with Crippen LogP contribution in [-0.4, -0.2) is 277 Å². The fourth-order valence-corrected chi connectivity index (χ4v) is 13.1. The van der Waals surface area contributed by atoms with Crippen molar-refractivity contribution in [2.24, 2.45) is 0 Å².